The van der Waals surface area contributed by atoms with Crippen molar-refractivity contribution in [3.8, 4) is 0 Å². The van der Waals surface area contributed by atoms with Crippen LogP contribution >= 0.6 is 0 Å². The second-order valence-electron chi connectivity index (χ2n) is 5.03. The zero-order chi connectivity index (χ0) is 13.9. The molecule has 0 aliphatic rings. The smallest absolute Gasteiger partial charge is 0.162 e. The van der Waals surface area contributed by atoms with Crippen molar-refractivity contribution >= 4 is 12.1 Å². The molecule has 0 bridgehead atoms. The van der Waals surface area contributed by atoms with E-state index in [1.54, 1.807) is 24.3 Å². The fourth-order valence-electron chi connectivity index (χ4n) is 2.13. The van der Waals surface area contributed by atoms with Crippen molar-refractivity contribution in [1.82, 2.24) is 0 Å². The number of unbranched alkanes of at least 4 members (excludes halogenated alkanes) is 6. The third kappa shape index (κ3) is 6.32. The van der Waals surface area contributed by atoms with Crippen LogP contribution in [0.1, 0.15) is 79.0 Å². The average Bonchev–Trinajstić information content (AvgIpc) is 2.46. The lowest BCUT2D eigenvalue weighted by molar-refractivity contribution is 0.0978. The van der Waals surface area contributed by atoms with Crippen LogP contribution in [0.15, 0.2) is 24.3 Å². The summed E-state index contributed by atoms with van der Waals surface area (Å²) in [6.45, 7) is 2.22. The number of ketones is 1. The van der Waals surface area contributed by atoms with Crippen LogP contribution in [-0.4, -0.2) is 12.1 Å². The molecule has 0 N–H and O–H groups in total. The van der Waals surface area contributed by atoms with Crippen LogP contribution < -0.4 is 0 Å². The van der Waals surface area contributed by atoms with Gasteiger partial charge in [-0.1, -0.05) is 69.7 Å². The molecule has 0 aliphatic heterocycles. The van der Waals surface area contributed by atoms with Gasteiger partial charge in [0.1, 0.15) is 6.29 Å². The summed E-state index contributed by atoms with van der Waals surface area (Å²) < 4.78 is 0. The summed E-state index contributed by atoms with van der Waals surface area (Å²) >= 11 is 0. The molecule has 1 aromatic rings. The second-order valence-corrected chi connectivity index (χ2v) is 5.03. The highest BCUT2D eigenvalue weighted by Gasteiger charge is 2.05. The number of aldehydes is 1. The van der Waals surface area contributed by atoms with Crippen molar-refractivity contribution in [2.45, 2.75) is 58.3 Å². The monoisotopic (exact) mass is 260 g/mol. The first-order valence-electron chi connectivity index (χ1n) is 7.36. The SMILES string of the molecule is CCCCCCCCCC(=O)c1ccc(C=O)cc1. The van der Waals surface area contributed by atoms with Crippen LogP contribution in [-0.2, 0) is 0 Å². The van der Waals surface area contributed by atoms with Gasteiger partial charge in [0.2, 0.25) is 0 Å². The molecular weight excluding hydrogens is 236 g/mol. The molecule has 0 amide bonds. The van der Waals surface area contributed by atoms with Gasteiger partial charge >= 0.3 is 0 Å². The van der Waals surface area contributed by atoms with Gasteiger partial charge in [-0.2, -0.15) is 0 Å². The largest absolute Gasteiger partial charge is 0.298 e. The summed E-state index contributed by atoms with van der Waals surface area (Å²) in [5, 5.41) is 0. The molecule has 0 saturated heterocycles. The van der Waals surface area contributed by atoms with E-state index in [1.807, 2.05) is 0 Å². The van der Waals surface area contributed by atoms with Crippen LogP contribution in [0.5, 0.6) is 0 Å². The number of carbonyl (C=O) groups is 2. The minimum Gasteiger partial charge on any atom is -0.298 e. The van der Waals surface area contributed by atoms with Crippen molar-refractivity contribution in [3.05, 3.63) is 35.4 Å². The van der Waals surface area contributed by atoms with Gasteiger partial charge < -0.3 is 0 Å². The van der Waals surface area contributed by atoms with E-state index in [4.69, 9.17) is 0 Å². The van der Waals surface area contributed by atoms with Gasteiger partial charge in [0, 0.05) is 17.5 Å². The van der Waals surface area contributed by atoms with Crippen LogP contribution in [0, 0.1) is 0 Å². The van der Waals surface area contributed by atoms with Crippen LogP contribution in [0.4, 0.5) is 0 Å². The topological polar surface area (TPSA) is 34.1 Å². The highest BCUT2D eigenvalue weighted by molar-refractivity contribution is 5.96. The minimum absolute atomic E-state index is 0.186. The molecule has 0 spiro atoms. The average molecular weight is 260 g/mol. The van der Waals surface area contributed by atoms with Crippen molar-refractivity contribution < 1.29 is 9.59 Å². The standard InChI is InChI=1S/C17H24O2/c1-2-3-4-5-6-7-8-9-17(19)16-12-10-15(14-18)11-13-16/h10-14H,2-9H2,1H3. The molecule has 0 aliphatic carbocycles. The molecular formula is C17H24O2. The number of hydrogen-bond acceptors (Lipinski definition) is 2. The van der Waals surface area contributed by atoms with Crippen molar-refractivity contribution in [3.63, 3.8) is 0 Å². The van der Waals surface area contributed by atoms with Gasteiger partial charge in [-0.25, -0.2) is 0 Å². The maximum atomic E-state index is 11.9. The van der Waals surface area contributed by atoms with Crippen LogP contribution in [0.2, 0.25) is 0 Å². The summed E-state index contributed by atoms with van der Waals surface area (Å²) in [5.74, 6) is 0.186. The third-order valence-corrected chi connectivity index (χ3v) is 3.38. The van der Waals surface area contributed by atoms with E-state index in [-0.39, 0.29) is 5.78 Å². The molecule has 0 atom stereocenters. The highest BCUT2D eigenvalue weighted by Crippen LogP contribution is 2.12. The molecule has 1 aromatic carbocycles. The third-order valence-electron chi connectivity index (χ3n) is 3.38. The van der Waals surface area contributed by atoms with E-state index >= 15 is 0 Å². The molecule has 2 nitrogen and oxygen atoms in total. The van der Waals surface area contributed by atoms with E-state index in [1.165, 1.54) is 32.1 Å². The zero-order valence-electron chi connectivity index (χ0n) is 11.9. The Bertz CT molecular complexity index is 379. The quantitative estimate of drug-likeness (QED) is 0.343. The fourth-order valence-corrected chi connectivity index (χ4v) is 2.13. The summed E-state index contributed by atoms with van der Waals surface area (Å²) in [5.41, 5.74) is 1.34. The van der Waals surface area contributed by atoms with E-state index in [9.17, 15) is 9.59 Å². The van der Waals surface area contributed by atoms with Crippen molar-refractivity contribution in [1.29, 1.82) is 0 Å². The minimum atomic E-state index is 0.186. The molecule has 0 heterocycles. The van der Waals surface area contributed by atoms with Crippen molar-refractivity contribution in [2.24, 2.45) is 0 Å². The van der Waals surface area contributed by atoms with E-state index in [0.29, 0.717) is 12.0 Å². The Morgan fingerprint density at radius 2 is 1.53 bits per heavy atom. The molecule has 19 heavy (non-hydrogen) atoms. The lowest BCUT2D eigenvalue weighted by Gasteiger charge is -2.02. The van der Waals surface area contributed by atoms with Gasteiger partial charge in [0.05, 0.1) is 0 Å². The predicted molar refractivity (Wildman–Crippen MR) is 78.8 cm³/mol. The zero-order valence-corrected chi connectivity index (χ0v) is 11.9. The molecule has 0 saturated carbocycles. The lowest BCUT2D eigenvalue weighted by Crippen LogP contribution is -1.99. The Balaban J connectivity index is 2.18. The van der Waals surface area contributed by atoms with Gasteiger partial charge in [-0.3, -0.25) is 9.59 Å². The fraction of sp³-hybridized carbons (Fsp3) is 0.529. The Morgan fingerprint density at radius 3 is 2.11 bits per heavy atom. The maximum Gasteiger partial charge on any atom is 0.162 e. The van der Waals surface area contributed by atoms with E-state index < -0.39 is 0 Å². The molecule has 104 valence electrons. The van der Waals surface area contributed by atoms with Crippen molar-refractivity contribution in [2.75, 3.05) is 0 Å². The normalized spacial score (nSPS) is 10.4. The first kappa shape index (κ1) is 15.6. The molecule has 0 fully saturated rings. The summed E-state index contributed by atoms with van der Waals surface area (Å²) in [7, 11) is 0. The molecule has 0 aromatic heterocycles. The number of Topliss-reactive ketones (excluding diaryl/α,β-unsaturated/α-hetero) is 1. The predicted octanol–water partition coefficient (Wildman–Crippen LogP) is 4.82. The molecule has 1 rings (SSSR count). The van der Waals surface area contributed by atoms with Gasteiger partial charge in [-0.05, 0) is 6.42 Å². The number of carbonyl (C=O) groups excluding carboxylic acids is 2. The highest BCUT2D eigenvalue weighted by atomic mass is 16.1. The number of benzene rings is 1. The second kappa shape index (κ2) is 9.48. The van der Waals surface area contributed by atoms with Crippen LogP contribution in [0.3, 0.4) is 0 Å². The summed E-state index contributed by atoms with van der Waals surface area (Å²) in [6, 6.07) is 6.89. The van der Waals surface area contributed by atoms with Crippen LogP contribution in [0.25, 0.3) is 0 Å². The number of hydrogen-bond donors (Lipinski definition) is 0. The lowest BCUT2D eigenvalue weighted by atomic mass is 10.0. The first-order chi connectivity index (χ1) is 9.27. The van der Waals surface area contributed by atoms with Gasteiger partial charge in [0.25, 0.3) is 0 Å². The Hall–Kier alpha value is -1.44. The molecule has 0 unspecified atom stereocenters. The first-order valence-corrected chi connectivity index (χ1v) is 7.36. The Kier molecular flexibility index (Phi) is 7.80. The Morgan fingerprint density at radius 1 is 0.947 bits per heavy atom. The van der Waals surface area contributed by atoms with Gasteiger partial charge in [-0.15, -0.1) is 0 Å². The van der Waals surface area contributed by atoms with E-state index in [2.05, 4.69) is 6.92 Å². The van der Waals surface area contributed by atoms with Gasteiger partial charge in [0.15, 0.2) is 5.78 Å². The Labute approximate surface area is 116 Å². The van der Waals surface area contributed by atoms with E-state index in [0.717, 1.165) is 24.7 Å². The number of rotatable bonds is 10. The molecule has 2 heteroatoms. The molecule has 0 radical (unpaired) electrons. The maximum absolute atomic E-state index is 11.9. The summed E-state index contributed by atoms with van der Waals surface area (Å²) in [6.07, 6.45) is 9.96. The summed E-state index contributed by atoms with van der Waals surface area (Å²) in [4.78, 5) is 22.4.